The lowest BCUT2D eigenvalue weighted by Gasteiger charge is -2.13. The van der Waals surface area contributed by atoms with Gasteiger partial charge in [0.1, 0.15) is 6.54 Å². The van der Waals surface area contributed by atoms with Crippen LogP contribution < -0.4 is 16.0 Å². The monoisotopic (exact) mass is 279 g/mol. The minimum Gasteiger partial charge on any atom is -0.480 e. The number of carboxylic acid groups (broad SMARTS) is 1. The van der Waals surface area contributed by atoms with E-state index >= 15 is 0 Å². The summed E-state index contributed by atoms with van der Waals surface area (Å²) in [6, 6.07) is -0.851. The van der Waals surface area contributed by atoms with Crippen LogP contribution in [0.25, 0.3) is 0 Å². The Balaban J connectivity index is 3.79. The SMILES string of the molecule is CC(CS(C)=O)NC(=O)NCC(=O)NCC(=O)O. The molecule has 0 aromatic heterocycles. The summed E-state index contributed by atoms with van der Waals surface area (Å²) in [6.07, 6.45) is 1.52. The number of carboxylic acids is 1. The molecule has 0 aromatic carbocycles. The Morgan fingerprint density at radius 2 is 1.83 bits per heavy atom. The maximum absolute atomic E-state index is 11.3. The molecule has 0 aliphatic carbocycles. The number of hydrogen-bond donors (Lipinski definition) is 4. The van der Waals surface area contributed by atoms with Gasteiger partial charge in [0, 0.05) is 28.9 Å². The van der Waals surface area contributed by atoms with Gasteiger partial charge < -0.3 is 21.1 Å². The van der Waals surface area contributed by atoms with Crippen molar-refractivity contribution in [3.8, 4) is 0 Å². The molecule has 0 saturated heterocycles. The molecule has 0 aliphatic heterocycles. The lowest BCUT2D eigenvalue weighted by molar-refractivity contribution is -0.137. The van der Waals surface area contributed by atoms with Gasteiger partial charge in [-0.3, -0.25) is 13.8 Å². The lowest BCUT2D eigenvalue weighted by atomic mass is 10.4. The molecule has 0 fully saturated rings. The van der Waals surface area contributed by atoms with E-state index in [1.54, 1.807) is 6.92 Å². The van der Waals surface area contributed by atoms with E-state index in [9.17, 15) is 18.6 Å². The highest BCUT2D eigenvalue weighted by molar-refractivity contribution is 7.84. The Hall–Kier alpha value is -1.64. The van der Waals surface area contributed by atoms with Crippen molar-refractivity contribution < 1.29 is 23.7 Å². The Bertz CT molecular complexity index is 347. The van der Waals surface area contributed by atoms with E-state index in [4.69, 9.17) is 5.11 Å². The van der Waals surface area contributed by atoms with Gasteiger partial charge in [-0.15, -0.1) is 0 Å². The number of rotatable bonds is 7. The molecule has 104 valence electrons. The minimum atomic E-state index is -1.16. The van der Waals surface area contributed by atoms with Gasteiger partial charge in [0.25, 0.3) is 0 Å². The summed E-state index contributed by atoms with van der Waals surface area (Å²) in [5, 5.41) is 15.1. The number of nitrogens with one attached hydrogen (secondary N) is 3. The molecule has 9 heteroatoms. The van der Waals surface area contributed by atoms with Gasteiger partial charge in [-0.2, -0.15) is 0 Å². The van der Waals surface area contributed by atoms with Crippen LogP contribution in [-0.2, 0) is 20.4 Å². The maximum atomic E-state index is 11.3. The first-order chi connectivity index (χ1) is 8.31. The fourth-order valence-corrected chi connectivity index (χ4v) is 1.85. The molecule has 0 rings (SSSR count). The summed E-state index contributed by atoms with van der Waals surface area (Å²) in [5.74, 6) is -1.44. The van der Waals surface area contributed by atoms with Gasteiger partial charge in [0.2, 0.25) is 5.91 Å². The molecule has 0 spiro atoms. The second-order valence-electron chi connectivity index (χ2n) is 3.64. The molecule has 8 nitrogen and oxygen atoms in total. The fraction of sp³-hybridized carbons (Fsp3) is 0.667. The first-order valence-electron chi connectivity index (χ1n) is 5.14. The largest absolute Gasteiger partial charge is 0.480 e. The number of aliphatic carboxylic acids is 1. The maximum Gasteiger partial charge on any atom is 0.322 e. The average Bonchev–Trinajstić information content (AvgIpc) is 2.22. The number of urea groups is 1. The molecule has 3 amide bonds. The van der Waals surface area contributed by atoms with Crippen molar-refractivity contribution in [2.45, 2.75) is 13.0 Å². The number of hydrogen-bond acceptors (Lipinski definition) is 4. The summed E-state index contributed by atoms with van der Waals surface area (Å²) in [4.78, 5) is 32.5. The van der Waals surface area contributed by atoms with Gasteiger partial charge >= 0.3 is 12.0 Å². The molecule has 0 heterocycles. The summed E-state index contributed by atoms with van der Waals surface area (Å²) in [5.41, 5.74) is 0. The first-order valence-corrected chi connectivity index (χ1v) is 6.87. The van der Waals surface area contributed by atoms with Gasteiger partial charge in [-0.05, 0) is 6.92 Å². The molecule has 0 saturated carbocycles. The Morgan fingerprint density at radius 1 is 1.22 bits per heavy atom. The second-order valence-corrected chi connectivity index (χ2v) is 5.12. The van der Waals surface area contributed by atoms with E-state index in [-0.39, 0.29) is 12.6 Å². The lowest BCUT2D eigenvalue weighted by Crippen LogP contribution is -2.46. The smallest absolute Gasteiger partial charge is 0.322 e. The average molecular weight is 279 g/mol. The predicted octanol–water partition coefficient (Wildman–Crippen LogP) is -1.75. The van der Waals surface area contributed by atoms with Crippen molar-refractivity contribution >= 4 is 28.7 Å². The van der Waals surface area contributed by atoms with Crippen LogP contribution in [0.5, 0.6) is 0 Å². The molecule has 4 N–H and O–H groups in total. The normalized spacial score (nSPS) is 13.2. The number of carbonyl (C=O) groups excluding carboxylic acids is 2. The summed E-state index contributed by atoms with van der Waals surface area (Å²) in [7, 11) is -1.02. The van der Waals surface area contributed by atoms with E-state index in [2.05, 4.69) is 16.0 Å². The van der Waals surface area contributed by atoms with Crippen LogP contribution in [0.3, 0.4) is 0 Å². The standard InChI is InChI=1S/C9H17N3O5S/c1-6(5-18(2)17)12-9(16)11-3-7(13)10-4-8(14)15/h6H,3-5H2,1-2H3,(H,10,13)(H,14,15)(H2,11,12,16). The van der Waals surface area contributed by atoms with Crippen LogP contribution in [0.4, 0.5) is 4.79 Å². The summed E-state index contributed by atoms with van der Waals surface area (Å²) >= 11 is 0. The molecular weight excluding hydrogens is 262 g/mol. The second kappa shape index (κ2) is 8.45. The van der Waals surface area contributed by atoms with Crippen molar-refractivity contribution in [1.82, 2.24) is 16.0 Å². The first kappa shape index (κ1) is 16.4. The Morgan fingerprint density at radius 3 is 2.33 bits per heavy atom. The third kappa shape index (κ3) is 9.58. The van der Waals surface area contributed by atoms with E-state index in [1.807, 2.05) is 0 Å². The van der Waals surface area contributed by atoms with Crippen molar-refractivity contribution in [1.29, 1.82) is 0 Å². The van der Waals surface area contributed by atoms with E-state index in [0.29, 0.717) is 5.75 Å². The number of carbonyl (C=O) groups is 3. The van der Waals surface area contributed by atoms with Crippen molar-refractivity contribution in [2.24, 2.45) is 0 Å². The zero-order valence-corrected chi connectivity index (χ0v) is 11.0. The van der Waals surface area contributed by atoms with Gasteiger partial charge in [-0.1, -0.05) is 0 Å². The Kier molecular flexibility index (Phi) is 7.68. The predicted molar refractivity (Wildman–Crippen MR) is 65.6 cm³/mol. The highest BCUT2D eigenvalue weighted by atomic mass is 32.2. The van der Waals surface area contributed by atoms with Crippen LogP contribution in [0, 0.1) is 0 Å². The zero-order chi connectivity index (χ0) is 14.1. The molecule has 2 atom stereocenters. The quantitative estimate of drug-likeness (QED) is 0.440. The van der Waals surface area contributed by atoms with Crippen molar-refractivity contribution in [3.63, 3.8) is 0 Å². The van der Waals surface area contributed by atoms with Gasteiger partial charge in [0.15, 0.2) is 0 Å². The van der Waals surface area contributed by atoms with Crippen molar-refractivity contribution in [3.05, 3.63) is 0 Å². The molecule has 18 heavy (non-hydrogen) atoms. The van der Waals surface area contributed by atoms with E-state index in [1.165, 1.54) is 6.26 Å². The molecule has 0 aromatic rings. The third-order valence-corrected chi connectivity index (χ3v) is 2.68. The van der Waals surface area contributed by atoms with E-state index < -0.39 is 35.3 Å². The summed E-state index contributed by atoms with van der Waals surface area (Å²) < 4.78 is 10.9. The van der Waals surface area contributed by atoms with E-state index in [0.717, 1.165) is 0 Å². The summed E-state index contributed by atoms with van der Waals surface area (Å²) in [6.45, 7) is 0.875. The third-order valence-electron chi connectivity index (χ3n) is 1.71. The topological polar surface area (TPSA) is 125 Å². The highest BCUT2D eigenvalue weighted by Gasteiger charge is 2.10. The van der Waals surface area contributed by atoms with Crippen LogP contribution >= 0.6 is 0 Å². The molecule has 2 unspecified atom stereocenters. The molecular formula is C9H17N3O5S. The van der Waals surface area contributed by atoms with Crippen LogP contribution in [0.15, 0.2) is 0 Å². The highest BCUT2D eigenvalue weighted by Crippen LogP contribution is 1.85. The minimum absolute atomic E-state index is 0.280. The molecule has 0 bridgehead atoms. The van der Waals surface area contributed by atoms with Crippen molar-refractivity contribution in [2.75, 3.05) is 25.1 Å². The van der Waals surface area contributed by atoms with Crippen LogP contribution in [0.1, 0.15) is 6.92 Å². The number of amides is 3. The molecule has 0 radical (unpaired) electrons. The van der Waals surface area contributed by atoms with Crippen LogP contribution in [-0.4, -0.2) is 58.4 Å². The molecule has 0 aliphatic rings. The zero-order valence-electron chi connectivity index (χ0n) is 10.2. The van der Waals surface area contributed by atoms with Gasteiger partial charge in [0.05, 0.1) is 6.54 Å². The Labute approximate surface area is 107 Å². The van der Waals surface area contributed by atoms with Gasteiger partial charge in [-0.25, -0.2) is 4.79 Å². The van der Waals surface area contributed by atoms with Crippen LogP contribution in [0.2, 0.25) is 0 Å². The fourth-order valence-electron chi connectivity index (χ4n) is 1.07.